The van der Waals surface area contributed by atoms with E-state index in [-0.39, 0.29) is 11.4 Å². The number of hydrogen-bond acceptors (Lipinski definition) is 5. The third kappa shape index (κ3) is 4.95. The van der Waals surface area contributed by atoms with Gasteiger partial charge < -0.3 is 10.2 Å². The second-order valence-corrected chi connectivity index (χ2v) is 7.33. The maximum absolute atomic E-state index is 13.2. The number of nitrogens with one attached hydrogen (secondary N) is 1. The molecule has 1 atom stereocenters. The lowest BCUT2D eigenvalue weighted by Gasteiger charge is -2.22. The highest BCUT2D eigenvalue weighted by Gasteiger charge is 2.25. The van der Waals surface area contributed by atoms with E-state index in [1.807, 2.05) is 0 Å². The van der Waals surface area contributed by atoms with Crippen molar-refractivity contribution in [2.75, 3.05) is 18.6 Å². The van der Waals surface area contributed by atoms with Gasteiger partial charge in [-0.15, -0.1) is 0 Å². The highest BCUT2D eigenvalue weighted by Crippen LogP contribution is 2.16. The largest absolute Gasteiger partial charge is 0.478 e. The van der Waals surface area contributed by atoms with Crippen LogP contribution in [0.15, 0.2) is 23.1 Å². The molecule has 0 spiro atoms. The van der Waals surface area contributed by atoms with Crippen molar-refractivity contribution in [2.24, 2.45) is 0 Å². The fourth-order valence-electron chi connectivity index (χ4n) is 1.53. The first-order valence-corrected chi connectivity index (χ1v) is 8.70. The van der Waals surface area contributed by atoms with Gasteiger partial charge >= 0.3 is 5.97 Å². The van der Waals surface area contributed by atoms with Crippen LogP contribution in [0.5, 0.6) is 0 Å². The molecule has 3 N–H and O–H groups in total. The summed E-state index contributed by atoms with van der Waals surface area (Å²) in [5, 5.41) is 18.7. The molecule has 6 nitrogen and oxygen atoms in total. The molecule has 0 fully saturated rings. The van der Waals surface area contributed by atoms with E-state index < -0.39 is 33.0 Å². The zero-order valence-electron chi connectivity index (χ0n) is 11.5. The summed E-state index contributed by atoms with van der Waals surface area (Å²) < 4.78 is 39.5. The Balaban J connectivity index is 2.99. The van der Waals surface area contributed by atoms with Crippen LogP contribution in [0.2, 0.25) is 0 Å². The Labute approximate surface area is 126 Å². The molecular formula is C12H16FNO5S2. The van der Waals surface area contributed by atoms with Crippen LogP contribution in [0.25, 0.3) is 0 Å². The van der Waals surface area contributed by atoms with Crippen molar-refractivity contribution in [1.82, 2.24) is 4.72 Å². The van der Waals surface area contributed by atoms with Crippen molar-refractivity contribution in [3.63, 3.8) is 0 Å². The molecule has 0 aromatic heterocycles. The molecule has 0 heterocycles. The summed E-state index contributed by atoms with van der Waals surface area (Å²) >= 11 is 1.35. The molecule has 1 aromatic rings. The van der Waals surface area contributed by atoms with E-state index in [4.69, 9.17) is 5.11 Å². The first-order chi connectivity index (χ1) is 9.59. The summed E-state index contributed by atoms with van der Waals surface area (Å²) in [5.41, 5.74) is -1.98. The molecule has 0 aliphatic rings. The fourth-order valence-corrected chi connectivity index (χ4v) is 3.44. The number of aromatic carboxylic acids is 1. The van der Waals surface area contributed by atoms with Gasteiger partial charge in [0.1, 0.15) is 5.82 Å². The molecule has 1 rings (SSSR count). The van der Waals surface area contributed by atoms with Crippen molar-refractivity contribution in [3.8, 4) is 0 Å². The van der Waals surface area contributed by atoms with E-state index in [0.717, 1.165) is 18.2 Å². The maximum Gasteiger partial charge on any atom is 0.338 e. The number of halogens is 1. The lowest BCUT2D eigenvalue weighted by atomic mass is 10.1. The lowest BCUT2D eigenvalue weighted by Crippen LogP contribution is -2.42. The van der Waals surface area contributed by atoms with Crippen LogP contribution in [-0.4, -0.2) is 48.8 Å². The minimum atomic E-state index is -4.03. The van der Waals surface area contributed by atoms with E-state index in [1.165, 1.54) is 18.7 Å². The van der Waals surface area contributed by atoms with E-state index in [0.29, 0.717) is 5.75 Å². The number of hydrogen-bond donors (Lipinski definition) is 3. The quantitative estimate of drug-likeness (QED) is 0.683. The molecule has 0 saturated heterocycles. The first-order valence-electron chi connectivity index (χ1n) is 5.83. The van der Waals surface area contributed by atoms with Crippen molar-refractivity contribution in [3.05, 3.63) is 29.6 Å². The summed E-state index contributed by atoms with van der Waals surface area (Å²) in [4.78, 5) is 10.4. The van der Waals surface area contributed by atoms with Gasteiger partial charge in [0, 0.05) is 12.3 Å². The van der Waals surface area contributed by atoms with Crippen LogP contribution >= 0.6 is 11.8 Å². The van der Waals surface area contributed by atoms with Gasteiger partial charge in [-0.05, 0) is 31.4 Å². The molecule has 0 aliphatic heterocycles. The lowest BCUT2D eigenvalue weighted by molar-refractivity contribution is 0.0691. The SMILES string of the molecule is CSCC(C)(O)CNS(=O)(=O)c1ccc(F)c(C(=O)O)c1. The molecule has 0 bridgehead atoms. The summed E-state index contributed by atoms with van der Waals surface area (Å²) in [6, 6.07) is 2.48. The van der Waals surface area contributed by atoms with Gasteiger partial charge in [-0.2, -0.15) is 11.8 Å². The molecule has 0 saturated carbocycles. The van der Waals surface area contributed by atoms with Crippen LogP contribution in [0.4, 0.5) is 4.39 Å². The molecule has 9 heteroatoms. The Morgan fingerprint density at radius 2 is 2.10 bits per heavy atom. The Kier molecular flexibility index (Phi) is 5.74. The predicted octanol–water partition coefficient (Wildman–Crippen LogP) is 0.916. The monoisotopic (exact) mass is 337 g/mol. The molecule has 118 valence electrons. The summed E-state index contributed by atoms with van der Waals surface area (Å²) in [5.74, 6) is -2.26. The van der Waals surface area contributed by atoms with E-state index in [9.17, 15) is 22.7 Å². The van der Waals surface area contributed by atoms with Crippen molar-refractivity contribution >= 4 is 27.8 Å². The van der Waals surface area contributed by atoms with E-state index in [2.05, 4.69) is 4.72 Å². The normalized spacial score (nSPS) is 14.7. The first kappa shape index (κ1) is 17.9. The third-order valence-electron chi connectivity index (χ3n) is 2.58. The van der Waals surface area contributed by atoms with Crippen LogP contribution in [0, 0.1) is 5.82 Å². The number of aliphatic hydroxyl groups is 1. The molecule has 0 amide bonds. The van der Waals surface area contributed by atoms with Gasteiger partial charge in [-0.3, -0.25) is 0 Å². The van der Waals surface area contributed by atoms with E-state index >= 15 is 0 Å². The average molecular weight is 337 g/mol. The number of rotatable bonds is 7. The minimum absolute atomic E-state index is 0.240. The Bertz CT molecular complexity index is 631. The van der Waals surface area contributed by atoms with Gasteiger partial charge in [0.15, 0.2) is 0 Å². The van der Waals surface area contributed by atoms with Crippen LogP contribution in [0.3, 0.4) is 0 Å². The van der Waals surface area contributed by atoms with Crippen molar-refractivity contribution in [1.29, 1.82) is 0 Å². The predicted molar refractivity (Wildman–Crippen MR) is 77.6 cm³/mol. The second-order valence-electron chi connectivity index (χ2n) is 4.70. The molecule has 0 aliphatic carbocycles. The molecule has 1 aromatic carbocycles. The van der Waals surface area contributed by atoms with Crippen LogP contribution in [-0.2, 0) is 10.0 Å². The van der Waals surface area contributed by atoms with Gasteiger partial charge in [0.2, 0.25) is 10.0 Å². The number of carbonyl (C=O) groups is 1. The van der Waals surface area contributed by atoms with Crippen LogP contribution in [0.1, 0.15) is 17.3 Å². The summed E-state index contributed by atoms with van der Waals surface area (Å²) in [7, 11) is -4.03. The van der Waals surface area contributed by atoms with Gasteiger partial charge in [-0.1, -0.05) is 0 Å². The van der Waals surface area contributed by atoms with Gasteiger partial charge in [0.25, 0.3) is 0 Å². The highest BCUT2D eigenvalue weighted by molar-refractivity contribution is 7.98. The second kappa shape index (κ2) is 6.73. The third-order valence-corrected chi connectivity index (χ3v) is 4.89. The average Bonchev–Trinajstić information content (AvgIpc) is 2.36. The Morgan fingerprint density at radius 1 is 1.48 bits per heavy atom. The molecule has 0 radical (unpaired) electrons. The van der Waals surface area contributed by atoms with Gasteiger partial charge in [-0.25, -0.2) is 22.3 Å². The zero-order valence-corrected chi connectivity index (χ0v) is 13.1. The highest BCUT2D eigenvalue weighted by atomic mass is 32.2. The number of benzene rings is 1. The van der Waals surface area contributed by atoms with Crippen molar-refractivity contribution in [2.45, 2.75) is 17.4 Å². The Morgan fingerprint density at radius 3 is 2.62 bits per heavy atom. The maximum atomic E-state index is 13.2. The number of carboxylic acid groups (broad SMARTS) is 1. The fraction of sp³-hybridized carbons (Fsp3) is 0.417. The number of thioether (sulfide) groups is 1. The Hall–Kier alpha value is -1.16. The molecule has 1 unspecified atom stereocenters. The molecule has 21 heavy (non-hydrogen) atoms. The minimum Gasteiger partial charge on any atom is -0.478 e. The van der Waals surface area contributed by atoms with E-state index in [1.54, 1.807) is 6.26 Å². The standard InChI is InChI=1S/C12H16FNO5S2/c1-12(17,7-20-2)6-14-21(18,19)8-3-4-10(13)9(5-8)11(15)16/h3-5,14,17H,6-7H2,1-2H3,(H,15,16). The number of carboxylic acids is 1. The summed E-state index contributed by atoms with van der Waals surface area (Å²) in [6.07, 6.45) is 1.77. The van der Waals surface area contributed by atoms with Crippen LogP contribution < -0.4 is 4.72 Å². The molecular weight excluding hydrogens is 321 g/mol. The number of sulfonamides is 1. The smallest absolute Gasteiger partial charge is 0.338 e. The topological polar surface area (TPSA) is 104 Å². The van der Waals surface area contributed by atoms with Gasteiger partial charge in [0.05, 0.1) is 16.1 Å². The summed E-state index contributed by atoms with van der Waals surface area (Å²) in [6.45, 7) is 1.23. The zero-order chi connectivity index (χ0) is 16.3. The van der Waals surface area contributed by atoms with Crippen molar-refractivity contribution < 1.29 is 27.8 Å².